The minimum Gasteiger partial charge on any atom is -0.480 e. The Hall–Kier alpha value is -2.35. The highest BCUT2D eigenvalue weighted by Crippen LogP contribution is 2.13. The normalized spacial score (nSPS) is 11.8. The number of urea groups is 1. The van der Waals surface area contributed by atoms with Crippen LogP contribution >= 0.6 is 0 Å². The molecule has 7 nitrogen and oxygen atoms in total. The molecule has 1 rings (SSSR count). The van der Waals surface area contributed by atoms with Crippen molar-refractivity contribution < 1.29 is 23.1 Å². The van der Waals surface area contributed by atoms with E-state index in [9.17, 15) is 18.0 Å². The molecule has 0 atom stereocenters. The molecule has 108 valence electrons. The van der Waals surface area contributed by atoms with Gasteiger partial charge in [-0.2, -0.15) is 0 Å². The van der Waals surface area contributed by atoms with Gasteiger partial charge in [0.15, 0.2) is 0 Å². The van der Waals surface area contributed by atoms with E-state index in [1.54, 1.807) is 42.0 Å². The molecule has 0 radical (unpaired) electrons. The van der Waals surface area contributed by atoms with Gasteiger partial charge in [-0.1, -0.05) is 30.3 Å². The van der Waals surface area contributed by atoms with Crippen LogP contribution in [0.25, 0.3) is 5.57 Å². The summed E-state index contributed by atoms with van der Waals surface area (Å²) in [5.74, 6) is -1.27. The number of carboxylic acid groups (broad SMARTS) is 1. The molecule has 0 unspecified atom stereocenters. The highest BCUT2D eigenvalue weighted by molar-refractivity contribution is 7.93. The van der Waals surface area contributed by atoms with Gasteiger partial charge in [-0.05, 0) is 18.1 Å². The SMILES string of the molecule is CC(=CS(=O)(=O)NC(=O)NCC(=O)O)c1ccccc1. The second kappa shape index (κ2) is 6.71. The number of benzene rings is 1. The summed E-state index contributed by atoms with van der Waals surface area (Å²) in [4.78, 5) is 21.4. The standard InChI is InChI=1S/C12H14N2O5S/c1-9(10-5-3-2-4-6-10)8-20(18,19)14-12(17)13-7-11(15)16/h2-6,8H,7H2,1H3,(H,15,16)(H2,13,14,17). The van der Waals surface area contributed by atoms with Crippen LogP contribution in [0.4, 0.5) is 4.79 Å². The van der Waals surface area contributed by atoms with Crippen LogP contribution in [0.2, 0.25) is 0 Å². The number of carbonyl (C=O) groups is 2. The lowest BCUT2D eigenvalue weighted by Crippen LogP contribution is -2.40. The zero-order valence-corrected chi connectivity index (χ0v) is 11.5. The number of rotatable bonds is 5. The van der Waals surface area contributed by atoms with Crippen molar-refractivity contribution in [1.82, 2.24) is 10.0 Å². The van der Waals surface area contributed by atoms with Gasteiger partial charge < -0.3 is 10.4 Å². The number of sulfonamides is 1. The van der Waals surface area contributed by atoms with Gasteiger partial charge in [-0.15, -0.1) is 0 Å². The van der Waals surface area contributed by atoms with Crippen LogP contribution in [0, 0.1) is 0 Å². The average Bonchev–Trinajstić information content (AvgIpc) is 2.36. The molecular formula is C12H14N2O5S. The molecule has 0 bridgehead atoms. The molecular weight excluding hydrogens is 284 g/mol. The Morgan fingerprint density at radius 2 is 1.85 bits per heavy atom. The third-order valence-electron chi connectivity index (χ3n) is 2.20. The quantitative estimate of drug-likeness (QED) is 0.743. The van der Waals surface area contributed by atoms with Crippen LogP contribution in [0.3, 0.4) is 0 Å². The van der Waals surface area contributed by atoms with Crippen molar-refractivity contribution in [3.05, 3.63) is 41.3 Å². The fourth-order valence-electron chi connectivity index (χ4n) is 1.35. The van der Waals surface area contributed by atoms with Crippen LogP contribution < -0.4 is 10.0 Å². The number of carbonyl (C=O) groups excluding carboxylic acids is 1. The van der Waals surface area contributed by atoms with Crippen LogP contribution in [-0.2, 0) is 14.8 Å². The lowest BCUT2D eigenvalue weighted by Gasteiger charge is -2.05. The van der Waals surface area contributed by atoms with Crippen molar-refractivity contribution in [3.63, 3.8) is 0 Å². The Bertz CT molecular complexity index is 623. The maximum absolute atomic E-state index is 11.7. The number of carboxylic acids is 1. The molecule has 0 aromatic heterocycles. The van der Waals surface area contributed by atoms with E-state index in [0.29, 0.717) is 11.1 Å². The van der Waals surface area contributed by atoms with Crippen molar-refractivity contribution in [2.45, 2.75) is 6.92 Å². The smallest absolute Gasteiger partial charge is 0.329 e. The Morgan fingerprint density at radius 1 is 1.25 bits per heavy atom. The summed E-state index contributed by atoms with van der Waals surface area (Å²) in [5, 5.41) is 11.1. The van der Waals surface area contributed by atoms with Gasteiger partial charge >= 0.3 is 12.0 Å². The Balaban J connectivity index is 2.75. The molecule has 0 spiro atoms. The maximum atomic E-state index is 11.7. The van der Waals surface area contributed by atoms with Gasteiger partial charge in [0.1, 0.15) is 6.54 Å². The molecule has 3 N–H and O–H groups in total. The molecule has 0 saturated carbocycles. The molecule has 0 saturated heterocycles. The second-order valence-electron chi connectivity index (χ2n) is 3.89. The fraction of sp³-hybridized carbons (Fsp3) is 0.167. The van der Waals surface area contributed by atoms with E-state index in [-0.39, 0.29) is 0 Å². The number of allylic oxidation sites excluding steroid dienone is 1. The first-order chi connectivity index (χ1) is 9.30. The minimum atomic E-state index is -3.99. The Kier molecular flexibility index (Phi) is 5.27. The van der Waals surface area contributed by atoms with Gasteiger partial charge in [0.25, 0.3) is 10.0 Å². The van der Waals surface area contributed by atoms with Crippen LogP contribution in [0.15, 0.2) is 35.7 Å². The predicted octanol–water partition coefficient (Wildman–Crippen LogP) is 0.761. The fourth-order valence-corrected chi connectivity index (χ4v) is 2.34. The van der Waals surface area contributed by atoms with E-state index >= 15 is 0 Å². The zero-order chi connectivity index (χ0) is 15.2. The Labute approximate surface area is 116 Å². The van der Waals surface area contributed by atoms with Crippen LogP contribution in [0.5, 0.6) is 0 Å². The molecule has 0 fully saturated rings. The van der Waals surface area contributed by atoms with Crippen molar-refractivity contribution in [2.24, 2.45) is 0 Å². The largest absolute Gasteiger partial charge is 0.480 e. The first-order valence-electron chi connectivity index (χ1n) is 5.56. The lowest BCUT2D eigenvalue weighted by molar-refractivity contribution is -0.135. The monoisotopic (exact) mass is 298 g/mol. The van der Waals surface area contributed by atoms with E-state index in [1.807, 2.05) is 5.32 Å². The van der Waals surface area contributed by atoms with Gasteiger partial charge in [0, 0.05) is 0 Å². The molecule has 2 amide bonds. The van der Waals surface area contributed by atoms with Crippen molar-refractivity contribution >= 4 is 27.6 Å². The van der Waals surface area contributed by atoms with Crippen molar-refractivity contribution in [1.29, 1.82) is 0 Å². The maximum Gasteiger partial charge on any atom is 0.329 e. The molecule has 8 heteroatoms. The minimum absolute atomic E-state index is 0.448. The number of aliphatic carboxylic acids is 1. The summed E-state index contributed by atoms with van der Waals surface area (Å²) < 4.78 is 25.0. The molecule has 20 heavy (non-hydrogen) atoms. The van der Waals surface area contributed by atoms with Gasteiger partial charge in [-0.3, -0.25) is 4.79 Å². The molecule has 0 heterocycles. The van der Waals surface area contributed by atoms with E-state index in [1.165, 1.54) is 0 Å². The first-order valence-corrected chi connectivity index (χ1v) is 7.11. The molecule has 0 aliphatic carbocycles. The summed E-state index contributed by atoms with van der Waals surface area (Å²) in [6.07, 6.45) is 0. The molecule has 1 aromatic carbocycles. The van der Waals surface area contributed by atoms with E-state index in [0.717, 1.165) is 5.41 Å². The first kappa shape index (κ1) is 15.7. The van der Waals surface area contributed by atoms with Crippen molar-refractivity contribution in [3.8, 4) is 0 Å². The number of hydrogen-bond donors (Lipinski definition) is 3. The number of amides is 2. The van der Waals surface area contributed by atoms with Crippen LogP contribution in [0.1, 0.15) is 12.5 Å². The summed E-state index contributed by atoms with van der Waals surface area (Å²) in [6, 6.07) is 7.67. The van der Waals surface area contributed by atoms with Crippen molar-refractivity contribution in [2.75, 3.05) is 6.54 Å². The van der Waals surface area contributed by atoms with Gasteiger partial charge in [-0.25, -0.2) is 17.9 Å². The number of nitrogens with one attached hydrogen (secondary N) is 2. The van der Waals surface area contributed by atoms with E-state index in [4.69, 9.17) is 5.11 Å². The number of hydrogen-bond acceptors (Lipinski definition) is 4. The summed E-state index contributed by atoms with van der Waals surface area (Å²) in [5.41, 5.74) is 1.15. The highest BCUT2D eigenvalue weighted by atomic mass is 32.2. The van der Waals surface area contributed by atoms with E-state index in [2.05, 4.69) is 0 Å². The topological polar surface area (TPSA) is 113 Å². The second-order valence-corrected chi connectivity index (χ2v) is 5.42. The average molecular weight is 298 g/mol. The third-order valence-corrected chi connectivity index (χ3v) is 3.33. The van der Waals surface area contributed by atoms with Crippen LogP contribution in [-0.4, -0.2) is 32.1 Å². The predicted molar refractivity (Wildman–Crippen MR) is 73.2 cm³/mol. The van der Waals surface area contributed by atoms with Gasteiger partial charge in [0.05, 0.1) is 5.41 Å². The molecule has 0 aliphatic heterocycles. The third kappa shape index (κ3) is 5.53. The summed E-state index contributed by atoms with van der Waals surface area (Å²) in [7, 11) is -3.99. The molecule has 0 aliphatic rings. The summed E-state index contributed by atoms with van der Waals surface area (Å²) in [6.45, 7) is 0.923. The van der Waals surface area contributed by atoms with E-state index < -0.39 is 28.6 Å². The summed E-state index contributed by atoms with van der Waals surface area (Å²) >= 11 is 0. The molecule has 1 aromatic rings. The zero-order valence-electron chi connectivity index (χ0n) is 10.7. The Morgan fingerprint density at radius 3 is 2.40 bits per heavy atom. The highest BCUT2D eigenvalue weighted by Gasteiger charge is 2.13. The van der Waals surface area contributed by atoms with Gasteiger partial charge in [0.2, 0.25) is 0 Å². The lowest BCUT2D eigenvalue weighted by atomic mass is 10.1.